The van der Waals surface area contributed by atoms with E-state index in [1.54, 1.807) is 18.3 Å². The summed E-state index contributed by atoms with van der Waals surface area (Å²) >= 11 is 0. The first kappa shape index (κ1) is 15.4. The molecule has 112 valence electrons. The van der Waals surface area contributed by atoms with E-state index >= 15 is 0 Å². The number of benzene rings is 2. The molecule has 0 aliphatic carbocycles. The zero-order chi connectivity index (χ0) is 15.8. The molecule has 5 heteroatoms. The second kappa shape index (κ2) is 7.73. The Hall–Kier alpha value is -2.95. The van der Waals surface area contributed by atoms with Crippen LogP contribution in [-0.2, 0) is 4.79 Å². The molecule has 0 spiro atoms. The van der Waals surface area contributed by atoms with Gasteiger partial charge in [-0.05, 0) is 24.1 Å². The van der Waals surface area contributed by atoms with E-state index in [0.717, 1.165) is 11.1 Å². The van der Waals surface area contributed by atoms with Gasteiger partial charge in [-0.2, -0.15) is 5.10 Å². The predicted molar refractivity (Wildman–Crippen MR) is 85.7 cm³/mol. The van der Waals surface area contributed by atoms with Gasteiger partial charge in [0.1, 0.15) is 0 Å². The number of rotatable bonds is 5. The minimum absolute atomic E-state index is 0.126. The van der Waals surface area contributed by atoms with Gasteiger partial charge in [0, 0.05) is 5.56 Å². The molecule has 0 fully saturated rings. The molecule has 0 aliphatic heterocycles. The third-order valence-corrected chi connectivity index (χ3v) is 3.00. The zero-order valence-corrected chi connectivity index (χ0v) is 12.2. The van der Waals surface area contributed by atoms with Crippen LogP contribution in [0, 0.1) is 6.92 Å². The van der Waals surface area contributed by atoms with E-state index in [1.807, 2.05) is 49.4 Å². The highest BCUT2D eigenvalue weighted by molar-refractivity contribution is 5.97. The topological polar surface area (TPSA) is 70.6 Å². The number of carbonyl (C=O) groups is 2. The summed E-state index contributed by atoms with van der Waals surface area (Å²) in [6.45, 7) is 1.72. The first-order valence-electron chi connectivity index (χ1n) is 6.87. The van der Waals surface area contributed by atoms with E-state index in [-0.39, 0.29) is 18.4 Å². The zero-order valence-electron chi connectivity index (χ0n) is 12.2. The maximum absolute atomic E-state index is 11.9. The fourth-order valence-corrected chi connectivity index (χ4v) is 1.84. The number of nitrogens with zero attached hydrogens (tertiary/aromatic N) is 1. The fourth-order valence-electron chi connectivity index (χ4n) is 1.84. The van der Waals surface area contributed by atoms with Crippen molar-refractivity contribution in [1.29, 1.82) is 0 Å². The van der Waals surface area contributed by atoms with E-state index < -0.39 is 0 Å². The van der Waals surface area contributed by atoms with Gasteiger partial charge in [-0.3, -0.25) is 9.59 Å². The highest BCUT2D eigenvalue weighted by atomic mass is 16.2. The Labute approximate surface area is 129 Å². The Kier molecular flexibility index (Phi) is 5.43. The second-order valence-electron chi connectivity index (χ2n) is 4.70. The average molecular weight is 295 g/mol. The lowest BCUT2D eigenvalue weighted by Crippen LogP contribution is -2.35. The van der Waals surface area contributed by atoms with Crippen molar-refractivity contribution in [1.82, 2.24) is 10.7 Å². The molecule has 22 heavy (non-hydrogen) atoms. The summed E-state index contributed by atoms with van der Waals surface area (Å²) in [6.07, 6.45) is 1.54. The summed E-state index contributed by atoms with van der Waals surface area (Å²) in [5.41, 5.74) is 4.67. The van der Waals surface area contributed by atoms with Gasteiger partial charge in [-0.15, -0.1) is 0 Å². The van der Waals surface area contributed by atoms with Crippen LogP contribution in [0.4, 0.5) is 0 Å². The molecule has 0 radical (unpaired) electrons. The quantitative estimate of drug-likeness (QED) is 0.653. The van der Waals surface area contributed by atoms with Crippen LogP contribution in [0.25, 0.3) is 0 Å². The van der Waals surface area contributed by atoms with E-state index in [0.29, 0.717) is 5.56 Å². The van der Waals surface area contributed by atoms with Crippen LogP contribution in [0.5, 0.6) is 0 Å². The molecule has 5 nitrogen and oxygen atoms in total. The van der Waals surface area contributed by atoms with E-state index in [4.69, 9.17) is 0 Å². The normalized spacial score (nSPS) is 10.4. The van der Waals surface area contributed by atoms with Gasteiger partial charge in [0.25, 0.3) is 11.8 Å². The molecular formula is C17H17N3O2. The lowest BCUT2D eigenvalue weighted by molar-refractivity contribution is -0.120. The highest BCUT2D eigenvalue weighted by Gasteiger charge is 2.09. The first-order valence-corrected chi connectivity index (χ1v) is 6.87. The summed E-state index contributed by atoms with van der Waals surface area (Å²) in [5, 5.41) is 6.40. The summed E-state index contributed by atoms with van der Waals surface area (Å²) < 4.78 is 0. The Morgan fingerprint density at radius 1 is 1.05 bits per heavy atom. The molecule has 2 rings (SSSR count). The number of carbonyl (C=O) groups excluding carboxylic acids is 2. The summed E-state index contributed by atoms with van der Waals surface area (Å²) in [5.74, 6) is -0.658. The molecule has 2 amide bonds. The number of nitrogens with one attached hydrogen (secondary N) is 2. The first-order chi connectivity index (χ1) is 10.7. The highest BCUT2D eigenvalue weighted by Crippen LogP contribution is 2.05. The van der Waals surface area contributed by atoms with Crippen LogP contribution in [-0.4, -0.2) is 24.6 Å². The molecule has 0 bridgehead atoms. The minimum Gasteiger partial charge on any atom is -0.343 e. The Morgan fingerprint density at radius 3 is 2.45 bits per heavy atom. The summed E-state index contributed by atoms with van der Waals surface area (Å²) in [6, 6.07) is 16.6. The van der Waals surface area contributed by atoms with Gasteiger partial charge in [-0.1, -0.05) is 48.5 Å². The van der Waals surface area contributed by atoms with Gasteiger partial charge >= 0.3 is 0 Å². The number of aryl methyl sites for hydroxylation is 1. The summed E-state index contributed by atoms with van der Waals surface area (Å²) in [4.78, 5) is 23.6. The minimum atomic E-state index is -0.380. The SMILES string of the molecule is Cc1ccccc1C(=O)NCC(=O)N/N=C/c1ccccc1. The van der Waals surface area contributed by atoms with Crippen molar-refractivity contribution >= 4 is 18.0 Å². The maximum atomic E-state index is 11.9. The van der Waals surface area contributed by atoms with Crippen LogP contribution >= 0.6 is 0 Å². The molecule has 2 N–H and O–H groups in total. The van der Waals surface area contributed by atoms with Gasteiger partial charge in [0.15, 0.2) is 0 Å². The number of hydrogen-bond acceptors (Lipinski definition) is 3. The molecule has 0 saturated carbocycles. The average Bonchev–Trinajstić information content (AvgIpc) is 2.54. The second-order valence-corrected chi connectivity index (χ2v) is 4.70. The van der Waals surface area contributed by atoms with Gasteiger partial charge in [-0.25, -0.2) is 5.43 Å². The molecule has 0 aromatic heterocycles. The van der Waals surface area contributed by atoms with Crippen molar-refractivity contribution in [3.05, 3.63) is 71.3 Å². The van der Waals surface area contributed by atoms with Crippen molar-refractivity contribution in [2.45, 2.75) is 6.92 Å². The number of hydrogen-bond donors (Lipinski definition) is 2. The number of amides is 2. The van der Waals surface area contributed by atoms with Crippen molar-refractivity contribution in [3.8, 4) is 0 Å². The third-order valence-electron chi connectivity index (χ3n) is 3.00. The molecule has 0 unspecified atom stereocenters. The molecule has 0 aliphatic rings. The van der Waals surface area contributed by atoms with Gasteiger partial charge < -0.3 is 5.32 Å². The van der Waals surface area contributed by atoms with Crippen LogP contribution < -0.4 is 10.7 Å². The van der Waals surface area contributed by atoms with E-state index in [9.17, 15) is 9.59 Å². The molecule has 2 aromatic rings. The smallest absolute Gasteiger partial charge is 0.259 e. The van der Waals surface area contributed by atoms with Crippen LogP contribution in [0.1, 0.15) is 21.5 Å². The summed E-state index contributed by atoms with van der Waals surface area (Å²) in [7, 11) is 0. The van der Waals surface area contributed by atoms with Crippen molar-refractivity contribution in [2.24, 2.45) is 5.10 Å². The standard InChI is InChI=1S/C17H17N3O2/c1-13-7-5-6-10-15(13)17(22)18-12-16(21)20-19-11-14-8-3-2-4-9-14/h2-11H,12H2,1H3,(H,18,22)(H,20,21)/b19-11+. The molecule has 0 saturated heterocycles. The lowest BCUT2D eigenvalue weighted by Gasteiger charge is -2.06. The molecular weight excluding hydrogens is 278 g/mol. The maximum Gasteiger partial charge on any atom is 0.259 e. The Bertz CT molecular complexity index is 681. The fraction of sp³-hybridized carbons (Fsp3) is 0.118. The lowest BCUT2D eigenvalue weighted by atomic mass is 10.1. The van der Waals surface area contributed by atoms with E-state index in [2.05, 4.69) is 15.8 Å². The van der Waals surface area contributed by atoms with Crippen LogP contribution in [0.2, 0.25) is 0 Å². The van der Waals surface area contributed by atoms with Crippen molar-refractivity contribution < 1.29 is 9.59 Å². The van der Waals surface area contributed by atoms with Crippen molar-refractivity contribution in [2.75, 3.05) is 6.54 Å². The van der Waals surface area contributed by atoms with Gasteiger partial charge in [0.05, 0.1) is 12.8 Å². The Balaban J connectivity index is 1.80. The van der Waals surface area contributed by atoms with Crippen LogP contribution in [0.15, 0.2) is 59.7 Å². The van der Waals surface area contributed by atoms with Gasteiger partial charge in [0.2, 0.25) is 0 Å². The van der Waals surface area contributed by atoms with E-state index in [1.165, 1.54) is 0 Å². The predicted octanol–water partition coefficient (Wildman–Crippen LogP) is 1.88. The Morgan fingerprint density at radius 2 is 1.73 bits per heavy atom. The number of hydrazone groups is 1. The molecule has 0 heterocycles. The monoisotopic (exact) mass is 295 g/mol. The largest absolute Gasteiger partial charge is 0.343 e. The molecule has 0 atom stereocenters. The molecule has 2 aromatic carbocycles. The third kappa shape index (κ3) is 4.56. The van der Waals surface area contributed by atoms with Crippen LogP contribution in [0.3, 0.4) is 0 Å². The van der Waals surface area contributed by atoms with Crippen molar-refractivity contribution in [3.63, 3.8) is 0 Å².